The van der Waals surface area contributed by atoms with Gasteiger partial charge in [-0.25, -0.2) is 0 Å². The SMILES string of the molecule is CCc1ccc(CBr)c(CC)c1. The minimum Gasteiger partial charge on any atom is -0.0876 e. The van der Waals surface area contributed by atoms with Gasteiger partial charge in [0.1, 0.15) is 0 Å². The second kappa shape index (κ2) is 4.66. The molecule has 0 unspecified atom stereocenters. The molecule has 12 heavy (non-hydrogen) atoms. The molecule has 0 aliphatic heterocycles. The first kappa shape index (κ1) is 9.79. The van der Waals surface area contributed by atoms with E-state index in [1.165, 1.54) is 16.7 Å². The monoisotopic (exact) mass is 226 g/mol. The average Bonchev–Trinajstić information content (AvgIpc) is 2.16. The van der Waals surface area contributed by atoms with Crippen LogP contribution < -0.4 is 0 Å². The minimum absolute atomic E-state index is 0.972. The third kappa shape index (κ3) is 2.10. The van der Waals surface area contributed by atoms with Crippen molar-refractivity contribution in [1.82, 2.24) is 0 Å². The lowest BCUT2D eigenvalue weighted by molar-refractivity contribution is 1.06. The first-order valence-corrected chi connectivity index (χ1v) is 5.60. The summed E-state index contributed by atoms with van der Waals surface area (Å²) in [7, 11) is 0. The number of alkyl halides is 1. The fraction of sp³-hybridized carbons (Fsp3) is 0.455. The van der Waals surface area contributed by atoms with Crippen LogP contribution >= 0.6 is 15.9 Å². The third-order valence-corrected chi connectivity index (χ3v) is 2.81. The molecule has 1 rings (SSSR count). The van der Waals surface area contributed by atoms with Crippen LogP contribution in [0, 0.1) is 0 Å². The smallest absolute Gasteiger partial charge is 0.0285 e. The van der Waals surface area contributed by atoms with Crippen molar-refractivity contribution in [2.24, 2.45) is 0 Å². The summed E-state index contributed by atoms with van der Waals surface area (Å²) < 4.78 is 0. The molecule has 0 aromatic heterocycles. The van der Waals surface area contributed by atoms with Crippen molar-refractivity contribution in [3.8, 4) is 0 Å². The summed E-state index contributed by atoms with van der Waals surface area (Å²) in [5.41, 5.74) is 4.34. The van der Waals surface area contributed by atoms with Gasteiger partial charge < -0.3 is 0 Å². The van der Waals surface area contributed by atoms with E-state index in [0.717, 1.165) is 18.2 Å². The molecule has 0 amide bonds. The van der Waals surface area contributed by atoms with Crippen molar-refractivity contribution in [3.63, 3.8) is 0 Å². The summed E-state index contributed by atoms with van der Waals surface area (Å²) in [5.74, 6) is 0. The molecule has 0 aliphatic carbocycles. The minimum atomic E-state index is 0.972. The predicted molar refractivity (Wildman–Crippen MR) is 57.8 cm³/mol. The van der Waals surface area contributed by atoms with Gasteiger partial charge in [0.05, 0.1) is 0 Å². The van der Waals surface area contributed by atoms with Gasteiger partial charge in [-0.1, -0.05) is 48.0 Å². The van der Waals surface area contributed by atoms with E-state index < -0.39 is 0 Å². The number of aryl methyl sites for hydroxylation is 2. The van der Waals surface area contributed by atoms with E-state index in [9.17, 15) is 0 Å². The van der Waals surface area contributed by atoms with Crippen molar-refractivity contribution in [2.75, 3.05) is 0 Å². The molecule has 1 aromatic carbocycles. The second-order valence-electron chi connectivity index (χ2n) is 2.94. The van der Waals surface area contributed by atoms with E-state index in [2.05, 4.69) is 48.0 Å². The highest BCUT2D eigenvalue weighted by Gasteiger charge is 1.99. The first-order valence-electron chi connectivity index (χ1n) is 4.48. The Morgan fingerprint density at radius 3 is 2.33 bits per heavy atom. The van der Waals surface area contributed by atoms with E-state index >= 15 is 0 Å². The van der Waals surface area contributed by atoms with Gasteiger partial charge in [-0.15, -0.1) is 0 Å². The van der Waals surface area contributed by atoms with Crippen LogP contribution in [0.1, 0.15) is 30.5 Å². The Morgan fingerprint density at radius 1 is 1.08 bits per heavy atom. The van der Waals surface area contributed by atoms with Crippen LogP contribution in [0.4, 0.5) is 0 Å². The summed E-state index contributed by atoms with van der Waals surface area (Å²) in [5, 5.41) is 0.972. The maximum Gasteiger partial charge on any atom is 0.0285 e. The van der Waals surface area contributed by atoms with Gasteiger partial charge in [0.15, 0.2) is 0 Å². The fourth-order valence-electron chi connectivity index (χ4n) is 1.36. The molecular weight excluding hydrogens is 212 g/mol. The molecule has 0 spiro atoms. The van der Waals surface area contributed by atoms with Gasteiger partial charge in [-0.05, 0) is 29.5 Å². The fourth-order valence-corrected chi connectivity index (χ4v) is 1.91. The van der Waals surface area contributed by atoms with E-state index in [4.69, 9.17) is 0 Å². The van der Waals surface area contributed by atoms with Crippen molar-refractivity contribution in [1.29, 1.82) is 0 Å². The Morgan fingerprint density at radius 2 is 1.83 bits per heavy atom. The Labute approximate surface area is 83.1 Å². The number of halogens is 1. The maximum atomic E-state index is 3.50. The number of hydrogen-bond acceptors (Lipinski definition) is 0. The van der Waals surface area contributed by atoms with Crippen LogP contribution in [0.2, 0.25) is 0 Å². The van der Waals surface area contributed by atoms with E-state index in [1.807, 2.05) is 0 Å². The highest BCUT2D eigenvalue weighted by molar-refractivity contribution is 9.08. The van der Waals surface area contributed by atoms with Gasteiger partial charge in [0.2, 0.25) is 0 Å². The number of benzene rings is 1. The summed E-state index contributed by atoms with van der Waals surface area (Å²) in [6.07, 6.45) is 2.27. The molecule has 0 N–H and O–H groups in total. The van der Waals surface area contributed by atoms with Crippen LogP contribution in [-0.2, 0) is 18.2 Å². The zero-order valence-electron chi connectivity index (χ0n) is 7.73. The summed E-state index contributed by atoms with van der Waals surface area (Å²) >= 11 is 3.50. The summed E-state index contributed by atoms with van der Waals surface area (Å²) in [4.78, 5) is 0. The van der Waals surface area contributed by atoms with Gasteiger partial charge in [0.25, 0.3) is 0 Å². The summed E-state index contributed by atoms with van der Waals surface area (Å²) in [6, 6.07) is 6.76. The normalized spacial score (nSPS) is 10.2. The molecule has 0 aliphatic rings. The van der Waals surface area contributed by atoms with Gasteiger partial charge in [-0.3, -0.25) is 0 Å². The van der Waals surface area contributed by atoms with Crippen molar-refractivity contribution < 1.29 is 0 Å². The van der Waals surface area contributed by atoms with Crippen LogP contribution in [0.5, 0.6) is 0 Å². The average molecular weight is 227 g/mol. The lowest BCUT2D eigenvalue weighted by Gasteiger charge is -2.06. The van der Waals surface area contributed by atoms with E-state index in [0.29, 0.717) is 0 Å². The van der Waals surface area contributed by atoms with Crippen LogP contribution in [0.3, 0.4) is 0 Å². The molecular formula is C11H15Br. The topological polar surface area (TPSA) is 0 Å². The highest BCUT2D eigenvalue weighted by atomic mass is 79.9. The molecule has 0 atom stereocenters. The molecule has 1 heteroatoms. The third-order valence-electron chi connectivity index (χ3n) is 2.20. The first-order chi connectivity index (χ1) is 5.81. The van der Waals surface area contributed by atoms with Crippen LogP contribution in [-0.4, -0.2) is 0 Å². The molecule has 0 heterocycles. The molecule has 0 saturated heterocycles. The molecule has 66 valence electrons. The van der Waals surface area contributed by atoms with Crippen LogP contribution in [0.25, 0.3) is 0 Å². The van der Waals surface area contributed by atoms with E-state index in [1.54, 1.807) is 0 Å². The largest absolute Gasteiger partial charge is 0.0876 e. The molecule has 1 aromatic rings. The Balaban J connectivity index is 3.02. The van der Waals surface area contributed by atoms with Gasteiger partial charge in [-0.2, -0.15) is 0 Å². The molecule has 0 saturated carbocycles. The number of hydrogen-bond donors (Lipinski definition) is 0. The lowest BCUT2D eigenvalue weighted by atomic mass is 10.0. The van der Waals surface area contributed by atoms with E-state index in [-0.39, 0.29) is 0 Å². The molecule has 0 nitrogen and oxygen atoms in total. The molecule has 0 bridgehead atoms. The zero-order chi connectivity index (χ0) is 8.97. The van der Waals surface area contributed by atoms with Crippen molar-refractivity contribution in [2.45, 2.75) is 32.0 Å². The molecule has 0 fully saturated rings. The van der Waals surface area contributed by atoms with Crippen molar-refractivity contribution >= 4 is 15.9 Å². The Hall–Kier alpha value is -0.300. The summed E-state index contributed by atoms with van der Waals surface area (Å²) in [6.45, 7) is 4.41. The zero-order valence-corrected chi connectivity index (χ0v) is 9.32. The maximum absolute atomic E-state index is 3.50. The molecule has 0 radical (unpaired) electrons. The standard InChI is InChI=1S/C11H15Br/c1-3-9-5-6-11(8-12)10(4-2)7-9/h5-7H,3-4,8H2,1-2H3. The second-order valence-corrected chi connectivity index (χ2v) is 3.50. The lowest BCUT2D eigenvalue weighted by Crippen LogP contribution is -1.91. The quantitative estimate of drug-likeness (QED) is 0.690. The Kier molecular flexibility index (Phi) is 3.80. The van der Waals surface area contributed by atoms with Gasteiger partial charge in [0, 0.05) is 5.33 Å². The Bertz CT molecular complexity index is 253. The predicted octanol–water partition coefficient (Wildman–Crippen LogP) is 3.71. The van der Waals surface area contributed by atoms with Crippen LogP contribution in [0.15, 0.2) is 18.2 Å². The number of rotatable bonds is 3. The highest BCUT2D eigenvalue weighted by Crippen LogP contribution is 2.16. The van der Waals surface area contributed by atoms with Gasteiger partial charge >= 0.3 is 0 Å². The van der Waals surface area contributed by atoms with Crippen molar-refractivity contribution in [3.05, 3.63) is 34.9 Å².